The van der Waals surface area contributed by atoms with Crippen LogP contribution in [0.15, 0.2) is 35.2 Å². The van der Waals surface area contributed by atoms with Crippen LogP contribution in [0, 0.1) is 0 Å². The number of β-lactam (4-membered cyclic amide) rings is 1. The molecule has 1 aromatic carbocycles. The van der Waals surface area contributed by atoms with Crippen molar-refractivity contribution >= 4 is 17.7 Å². The lowest BCUT2D eigenvalue weighted by Crippen LogP contribution is -2.52. The number of rotatable bonds is 4. The summed E-state index contributed by atoms with van der Waals surface area (Å²) in [6.07, 6.45) is 0.605. The largest absolute Gasteiger partial charge is 0.274 e. The quantitative estimate of drug-likeness (QED) is 0.577. The zero-order chi connectivity index (χ0) is 10.7. The molecule has 1 amide bonds. The summed E-state index contributed by atoms with van der Waals surface area (Å²) in [4.78, 5) is 17.3. The molecule has 0 saturated carbocycles. The molecule has 2 rings (SSSR count). The first-order valence-corrected chi connectivity index (χ1v) is 5.84. The molecule has 15 heavy (non-hydrogen) atoms. The van der Waals surface area contributed by atoms with Gasteiger partial charge in [-0.1, -0.05) is 18.2 Å². The van der Waals surface area contributed by atoms with E-state index in [0.29, 0.717) is 6.42 Å². The van der Waals surface area contributed by atoms with Crippen molar-refractivity contribution in [3.63, 3.8) is 0 Å². The van der Waals surface area contributed by atoms with Crippen molar-refractivity contribution in [2.24, 2.45) is 0 Å². The number of carbonyl (C=O) groups is 1. The summed E-state index contributed by atoms with van der Waals surface area (Å²) in [5, 5.41) is 1.45. The molecule has 0 spiro atoms. The minimum atomic E-state index is 0.0798. The molecule has 3 nitrogen and oxygen atoms in total. The van der Waals surface area contributed by atoms with Gasteiger partial charge in [0, 0.05) is 10.6 Å². The SMILES string of the molecule is CON1C(=O)C[C@H]1CSc1ccccc1. The molecule has 1 aliphatic heterocycles. The molecule has 1 fully saturated rings. The number of hydrogen-bond acceptors (Lipinski definition) is 3. The standard InChI is InChI=1S/C11H13NO2S/c1-14-12-9(7-11(12)13)8-15-10-5-3-2-4-6-10/h2-6,9H,7-8H2,1H3/t9-/m0/s1. The molecule has 1 heterocycles. The Balaban J connectivity index is 1.82. The highest BCUT2D eigenvalue weighted by Gasteiger charge is 2.36. The van der Waals surface area contributed by atoms with Crippen molar-refractivity contribution in [3.8, 4) is 0 Å². The fourth-order valence-corrected chi connectivity index (χ4v) is 2.54. The minimum Gasteiger partial charge on any atom is -0.274 e. The number of thioether (sulfide) groups is 1. The first-order valence-electron chi connectivity index (χ1n) is 4.85. The molecule has 1 atom stereocenters. The maximum atomic E-state index is 11.1. The predicted molar refractivity (Wildman–Crippen MR) is 59.4 cm³/mol. The lowest BCUT2D eigenvalue weighted by atomic mass is 10.1. The number of hydroxylamine groups is 2. The molecule has 80 valence electrons. The number of hydrogen-bond donors (Lipinski definition) is 0. The topological polar surface area (TPSA) is 29.5 Å². The van der Waals surface area contributed by atoms with Crippen LogP contribution in [0.3, 0.4) is 0 Å². The van der Waals surface area contributed by atoms with Gasteiger partial charge in [0.15, 0.2) is 0 Å². The van der Waals surface area contributed by atoms with Gasteiger partial charge in [-0.25, -0.2) is 5.06 Å². The molecule has 0 aromatic heterocycles. The molecular formula is C11H13NO2S. The van der Waals surface area contributed by atoms with Crippen molar-refractivity contribution in [1.29, 1.82) is 0 Å². The second-order valence-electron chi connectivity index (χ2n) is 3.38. The number of benzene rings is 1. The van der Waals surface area contributed by atoms with Crippen LogP contribution in [0.4, 0.5) is 0 Å². The van der Waals surface area contributed by atoms with E-state index in [1.807, 2.05) is 18.2 Å². The van der Waals surface area contributed by atoms with E-state index in [1.165, 1.54) is 17.1 Å². The Bertz CT molecular complexity index is 342. The van der Waals surface area contributed by atoms with Crippen molar-refractivity contribution in [1.82, 2.24) is 5.06 Å². The summed E-state index contributed by atoms with van der Waals surface area (Å²) in [5.41, 5.74) is 0. The van der Waals surface area contributed by atoms with Crippen LogP contribution >= 0.6 is 11.8 Å². The monoisotopic (exact) mass is 223 g/mol. The van der Waals surface area contributed by atoms with Gasteiger partial charge in [-0.15, -0.1) is 11.8 Å². The molecule has 0 aliphatic carbocycles. The van der Waals surface area contributed by atoms with Gasteiger partial charge < -0.3 is 0 Å². The molecule has 1 aromatic rings. The van der Waals surface area contributed by atoms with Crippen LogP contribution in [0.5, 0.6) is 0 Å². The molecule has 0 bridgehead atoms. The van der Waals surface area contributed by atoms with E-state index in [0.717, 1.165) is 5.75 Å². The van der Waals surface area contributed by atoms with Crippen molar-refractivity contribution in [3.05, 3.63) is 30.3 Å². The Morgan fingerprint density at radius 2 is 2.20 bits per heavy atom. The van der Waals surface area contributed by atoms with Gasteiger partial charge in [0.05, 0.1) is 19.6 Å². The average Bonchev–Trinajstić information content (AvgIpc) is 2.26. The third-order valence-corrected chi connectivity index (χ3v) is 3.53. The summed E-state index contributed by atoms with van der Waals surface area (Å²) in [7, 11) is 1.54. The van der Waals surface area contributed by atoms with Crippen LogP contribution in [-0.4, -0.2) is 29.9 Å². The Morgan fingerprint density at radius 1 is 1.47 bits per heavy atom. The summed E-state index contributed by atoms with van der Waals surface area (Å²) >= 11 is 1.75. The average molecular weight is 223 g/mol. The zero-order valence-corrected chi connectivity index (χ0v) is 9.37. The van der Waals surface area contributed by atoms with Crippen LogP contribution in [-0.2, 0) is 9.63 Å². The molecule has 1 aliphatic rings. The van der Waals surface area contributed by atoms with Crippen molar-refractivity contribution in [2.45, 2.75) is 17.4 Å². The van der Waals surface area contributed by atoms with E-state index in [-0.39, 0.29) is 11.9 Å². The van der Waals surface area contributed by atoms with E-state index in [4.69, 9.17) is 4.84 Å². The highest BCUT2D eigenvalue weighted by Crippen LogP contribution is 2.26. The fraction of sp³-hybridized carbons (Fsp3) is 0.364. The molecule has 4 heteroatoms. The second-order valence-corrected chi connectivity index (χ2v) is 4.48. The summed E-state index contributed by atoms with van der Waals surface area (Å²) in [6.45, 7) is 0. The van der Waals surface area contributed by atoms with Crippen molar-refractivity contribution in [2.75, 3.05) is 12.9 Å². The Kier molecular flexibility index (Phi) is 3.28. The van der Waals surface area contributed by atoms with Gasteiger partial charge in [-0.3, -0.25) is 9.63 Å². The smallest absolute Gasteiger partial charge is 0.248 e. The maximum Gasteiger partial charge on any atom is 0.248 e. The van der Waals surface area contributed by atoms with Crippen LogP contribution in [0.2, 0.25) is 0 Å². The predicted octanol–water partition coefficient (Wildman–Crippen LogP) is 1.94. The van der Waals surface area contributed by atoms with Gasteiger partial charge >= 0.3 is 0 Å². The molecular weight excluding hydrogens is 210 g/mol. The van der Waals surface area contributed by atoms with E-state index >= 15 is 0 Å². The van der Waals surface area contributed by atoms with Crippen LogP contribution in [0.25, 0.3) is 0 Å². The number of carbonyl (C=O) groups excluding carboxylic acids is 1. The van der Waals surface area contributed by atoms with Crippen molar-refractivity contribution < 1.29 is 9.63 Å². The van der Waals surface area contributed by atoms with Gasteiger partial charge in [0.25, 0.3) is 0 Å². The number of nitrogens with zero attached hydrogens (tertiary/aromatic N) is 1. The molecule has 1 saturated heterocycles. The molecule has 0 N–H and O–H groups in total. The normalized spacial score (nSPS) is 20.2. The zero-order valence-electron chi connectivity index (χ0n) is 8.55. The maximum absolute atomic E-state index is 11.1. The molecule has 0 radical (unpaired) electrons. The summed E-state index contributed by atoms with van der Waals surface area (Å²) < 4.78 is 0. The van der Waals surface area contributed by atoms with Gasteiger partial charge in [-0.05, 0) is 12.1 Å². The Labute approximate surface area is 93.4 Å². The first kappa shape index (κ1) is 10.5. The number of amides is 1. The Hall–Kier alpha value is -1.00. The van der Waals surface area contributed by atoms with E-state index < -0.39 is 0 Å². The van der Waals surface area contributed by atoms with Crippen LogP contribution < -0.4 is 0 Å². The van der Waals surface area contributed by atoms with Gasteiger partial charge in [-0.2, -0.15) is 0 Å². The van der Waals surface area contributed by atoms with E-state index in [9.17, 15) is 4.79 Å². The second kappa shape index (κ2) is 4.68. The summed E-state index contributed by atoms with van der Waals surface area (Å²) in [6, 6.07) is 10.4. The third-order valence-electron chi connectivity index (χ3n) is 2.37. The highest BCUT2D eigenvalue weighted by molar-refractivity contribution is 7.99. The third kappa shape index (κ3) is 2.33. The molecule has 0 unspecified atom stereocenters. The Morgan fingerprint density at radius 3 is 2.80 bits per heavy atom. The lowest BCUT2D eigenvalue weighted by molar-refractivity contribution is -0.211. The lowest BCUT2D eigenvalue weighted by Gasteiger charge is -2.37. The van der Waals surface area contributed by atoms with Crippen LogP contribution in [0.1, 0.15) is 6.42 Å². The summed E-state index contributed by atoms with van der Waals surface area (Å²) in [5.74, 6) is 0.972. The van der Waals surface area contributed by atoms with E-state index in [1.54, 1.807) is 11.8 Å². The first-order chi connectivity index (χ1) is 7.31. The van der Waals surface area contributed by atoms with Gasteiger partial charge in [0.2, 0.25) is 5.91 Å². The highest BCUT2D eigenvalue weighted by atomic mass is 32.2. The fourth-order valence-electron chi connectivity index (χ4n) is 1.55. The van der Waals surface area contributed by atoms with Gasteiger partial charge in [0.1, 0.15) is 0 Å². The van der Waals surface area contributed by atoms with E-state index in [2.05, 4.69) is 12.1 Å². The minimum absolute atomic E-state index is 0.0798.